The van der Waals surface area contributed by atoms with E-state index < -0.39 is 11.6 Å². The molecular weight excluding hydrogens is 765 g/mol. The summed E-state index contributed by atoms with van der Waals surface area (Å²) >= 11 is 19.3. The van der Waals surface area contributed by atoms with Crippen LogP contribution in [-0.4, -0.2) is 39.2 Å². The van der Waals surface area contributed by atoms with Gasteiger partial charge < -0.3 is 0 Å². The topological polar surface area (TPSA) is 86.2 Å². The maximum Gasteiger partial charge on any atom is 0.183 e. The monoisotopic (exact) mass is 780 g/mol. The van der Waals surface area contributed by atoms with Crippen LogP contribution in [0.25, 0.3) is 56.1 Å². The van der Waals surface area contributed by atoms with Crippen molar-refractivity contribution in [2.75, 3.05) is 0 Å². The van der Waals surface area contributed by atoms with Crippen LogP contribution in [0.1, 0.15) is 11.4 Å². The molecule has 0 unspecified atom stereocenters. The fourth-order valence-electron chi connectivity index (χ4n) is 5.25. The van der Waals surface area contributed by atoms with Crippen molar-refractivity contribution in [3.05, 3.63) is 115 Å². The lowest BCUT2D eigenvalue weighted by atomic mass is 10.2. The van der Waals surface area contributed by atoms with Crippen molar-refractivity contribution in [2.45, 2.75) is 13.8 Å². The van der Waals surface area contributed by atoms with Crippen LogP contribution in [0.4, 0.5) is 8.78 Å². The summed E-state index contributed by atoms with van der Waals surface area (Å²) in [7, 11) is 0. The third kappa shape index (κ3) is 5.19. The first kappa shape index (κ1) is 30.5. The van der Waals surface area contributed by atoms with E-state index in [2.05, 4.69) is 62.2 Å². The van der Waals surface area contributed by atoms with Gasteiger partial charge in [-0.15, -0.1) is 20.4 Å². The third-order valence-corrected chi connectivity index (χ3v) is 8.90. The lowest BCUT2D eigenvalue weighted by Gasteiger charge is -2.08. The predicted molar refractivity (Wildman–Crippen MR) is 182 cm³/mol. The van der Waals surface area contributed by atoms with Crippen molar-refractivity contribution < 1.29 is 8.78 Å². The molecule has 0 spiro atoms. The summed E-state index contributed by atoms with van der Waals surface area (Å²) in [5.41, 5.74) is 6.13. The average molecular weight is 783 g/mol. The van der Waals surface area contributed by atoms with Gasteiger partial charge in [0.15, 0.2) is 22.9 Å². The summed E-state index contributed by atoms with van der Waals surface area (Å²) < 4.78 is 34.0. The van der Waals surface area contributed by atoms with Crippen LogP contribution in [0.5, 0.6) is 0 Å². The minimum Gasteiger partial charge on any atom is -0.272 e. The van der Waals surface area contributed by atoms with Crippen molar-refractivity contribution in [3.63, 3.8) is 0 Å². The molecule has 228 valence electrons. The Morgan fingerprint density at radius 2 is 1.09 bits per heavy atom. The fraction of sp³-hybridized carbons (Fsp3) is 0.0625. The molecule has 0 amide bonds. The van der Waals surface area contributed by atoms with Crippen LogP contribution in [0.15, 0.2) is 81.7 Å². The number of benzene rings is 4. The molecule has 0 fully saturated rings. The van der Waals surface area contributed by atoms with Gasteiger partial charge in [-0.05, 0) is 74.5 Å². The molecular formula is C32H18Br2Cl2F2N8. The van der Waals surface area contributed by atoms with Gasteiger partial charge in [-0.1, -0.05) is 67.2 Å². The number of aryl methyl sites for hydroxylation is 2. The van der Waals surface area contributed by atoms with Gasteiger partial charge in [0.25, 0.3) is 0 Å². The SMILES string of the molecule is Cc1nc2cc(Br)ccc2n2c(-c3c(F)cccc3Cl)nnc12.Cc1nc2ccc(Br)cc2n2c(-c3c(F)cccc3Cl)nnc12. The normalized spacial score (nSPS) is 11.5. The quantitative estimate of drug-likeness (QED) is 0.174. The van der Waals surface area contributed by atoms with Gasteiger partial charge in [0, 0.05) is 8.95 Å². The second-order valence-corrected chi connectivity index (χ2v) is 12.9. The van der Waals surface area contributed by atoms with Crippen molar-refractivity contribution in [1.29, 1.82) is 0 Å². The van der Waals surface area contributed by atoms with Gasteiger partial charge in [0.2, 0.25) is 0 Å². The van der Waals surface area contributed by atoms with E-state index in [0.717, 1.165) is 31.0 Å². The Labute approximate surface area is 286 Å². The number of aromatic nitrogens is 8. The number of hydrogen-bond donors (Lipinski definition) is 0. The highest BCUT2D eigenvalue weighted by Crippen LogP contribution is 2.34. The molecule has 0 aliphatic carbocycles. The molecule has 0 aliphatic rings. The zero-order valence-corrected chi connectivity index (χ0v) is 28.5. The van der Waals surface area contributed by atoms with E-state index >= 15 is 0 Å². The Morgan fingerprint density at radius 1 is 0.587 bits per heavy atom. The molecule has 0 saturated carbocycles. The largest absolute Gasteiger partial charge is 0.272 e. The molecule has 0 N–H and O–H groups in total. The first-order valence-corrected chi connectivity index (χ1v) is 16.0. The van der Waals surface area contributed by atoms with E-state index in [1.807, 2.05) is 50.2 Å². The van der Waals surface area contributed by atoms with Gasteiger partial charge in [0.1, 0.15) is 11.6 Å². The van der Waals surface area contributed by atoms with E-state index in [9.17, 15) is 8.78 Å². The van der Waals surface area contributed by atoms with Crippen molar-refractivity contribution in [2.24, 2.45) is 0 Å². The van der Waals surface area contributed by atoms with Crippen LogP contribution >= 0.6 is 55.1 Å². The van der Waals surface area contributed by atoms with Crippen molar-refractivity contribution in [3.8, 4) is 22.8 Å². The summed E-state index contributed by atoms with van der Waals surface area (Å²) in [6.45, 7) is 3.69. The second-order valence-electron chi connectivity index (χ2n) is 10.2. The second kappa shape index (κ2) is 11.9. The van der Waals surface area contributed by atoms with Gasteiger partial charge in [0.05, 0.1) is 54.6 Å². The standard InChI is InChI=1S/2C16H9BrClFN4/c1-8-15-21-22-16(14-10(18)3-2-4-11(14)19)23(15)13-6-5-9(17)7-12(13)20-8;1-8-15-21-22-16(14-10(18)3-2-4-11(14)19)23(15)13-7-9(17)5-6-12(13)20-8/h2*2-7H,1H3. The van der Waals surface area contributed by atoms with E-state index in [4.69, 9.17) is 23.2 Å². The van der Waals surface area contributed by atoms with E-state index in [1.165, 1.54) is 12.1 Å². The van der Waals surface area contributed by atoms with Gasteiger partial charge in [-0.2, -0.15) is 0 Å². The molecule has 0 bridgehead atoms. The highest BCUT2D eigenvalue weighted by atomic mass is 79.9. The average Bonchev–Trinajstić information content (AvgIpc) is 3.65. The first-order chi connectivity index (χ1) is 22.1. The molecule has 0 radical (unpaired) electrons. The lowest BCUT2D eigenvalue weighted by molar-refractivity contribution is 0.629. The summed E-state index contributed by atoms with van der Waals surface area (Å²) in [6, 6.07) is 20.5. The number of fused-ring (bicyclic) bond motifs is 6. The van der Waals surface area contributed by atoms with Crippen molar-refractivity contribution >= 4 is 88.4 Å². The molecule has 0 atom stereocenters. The summed E-state index contributed by atoms with van der Waals surface area (Å²) in [6.07, 6.45) is 0. The van der Waals surface area contributed by atoms with E-state index in [-0.39, 0.29) is 16.1 Å². The molecule has 46 heavy (non-hydrogen) atoms. The highest BCUT2D eigenvalue weighted by molar-refractivity contribution is 9.10. The first-order valence-electron chi connectivity index (χ1n) is 13.6. The predicted octanol–water partition coefficient (Wildman–Crippen LogP) is 9.62. The van der Waals surface area contributed by atoms with Crippen molar-refractivity contribution in [1.82, 2.24) is 39.2 Å². The Morgan fingerprint density at radius 3 is 1.65 bits per heavy atom. The van der Waals surface area contributed by atoms with Crippen LogP contribution in [0, 0.1) is 25.5 Å². The number of rotatable bonds is 2. The number of hydrogen-bond acceptors (Lipinski definition) is 6. The van der Waals surface area contributed by atoms with Crippen LogP contribution in [0.3, 0.4) is 0 Å². The zero-order valence-electron chi connectivity index (χ0n) is 23.8. The molecule has 0 saturated heterocycles. The van der Waals surface area contributed by atoms with Gasteiger partial charge >= 0.3 is 0 Å². The molecule has 8 nitrogen and oxygen atoms in total. The maximum atomic E-state index is 14.3. The van der Waals surface area contributed by atoms with Crippen LogP contribution in [-0.2, 0) is 0 Å². The zero-order chi connectivity index (χ0) is 32.3. The number of nitrogens with zero attached hydrogens (tertiary/aromatic N) is 8. The van der Waals surface area contributed by atoms with E-state index in [1.54, 1.807) is 33.1 Å². The Balaban J connectivity index is 0.000000147. The summed E-state index contributed by atoms with van der Waals surface area (Å²) in [5.74, 6) is -0.159. The molecule has 8 rings (SSSR count). The molecule has 14 heteroatoms. The van der Waals surface area contributed by atoms with Crippen LogP contribution in [0.2, 0.25) is 10.0 Å². The highest BCUT2D eigenvalue weighted by Gasteiger charge is 2.21. The number of halogens is 6. The van der Waals surface area contributed by atoms with Gasteiger partial charge in [-0.25, -0.2) is 18.7 Å². The smallest absolute Gasteiger partial charge is 0.183 e. The minimum atomic E-state index is -0.440. The molecule has 4 aromatic carbocycles. The maximum absolute atomic E-state index is 14.3. The Hall–Kier alpha value is -4.10. The van der Waals surface area contributed by atoms with Crippen LogP contribution < -0.4 is 0 Å². The summed E-state index contributed by atoms with van der Waals surface area (Å²) in [5, 5.41) is 17.2. The lowest BCUT2D eigenvalue weighted by Crippen LogP contribution is -1.99. The Bertz CT molecular complexity index is 2460. The minimum absolute atomic E-state index is 0.230. The molecule has 4 heterocycles. The molecule has 8 aromatic rings. The van der Waals surface area contributed by atoms with E-state index in [0.29, 0.717) is 39.4 Å². The Kier molecular flexibility index (Phi) is 7.92. The summed E-state index contributed by atoms with van der Waals surface area (Å²) in [4.78, 5) is 9.06. The third-order valence-electron chi connectivity index (χ3n) is 7.28. The fourth-order valence-corrected chi connectivity index (χ4v) is 6.44. The molecule has 0 aliphatic heterocycles. The molecule has 4 aromatic heterocycles. The van der Waals surface area contributed by atoms with Gasteiger partial charge in [-0.3, -0.25) is 8.80 Å².